The number of carbonyl (C=O) groups is 1. The Balaban J connectivity index is 1.47. The van der Waals surface area contributed by atoms with E-state index in [1.54, 1.807) is 6.07 Å². The number of fused-ring (bicyclic) bond motifs is 2. The Bertz CT molecular complexity index is 1070. The van der Waals surface area contributed by atoms with Crippen LogP contribution in [0.3, 0.4) is 0 Å². The van der Waals surface area contributed by atoms with Crippen LogP contribution >= 0.6 is 0 Å². The predicted octanol–water partition coefficient (Wildman–Crippen LogP) is 1.87. The van der Waals surface area contributed by atoms with Gasteiger partial charge in [0.25, 0.3) is 5.56 Å². The number of hydrogen-bond donors (Lipinski definition) is 2. The summed E-state index contributed by atoms with van der Waals surface area (Å²) < 4.78 is 1.46. The van der Waals surface area contributed by atoms with Crippen LogP contribution in [0.15, 0.2) is 53.6 Å². The monoisotopic (exact) mass is 363 g/mol. The van der Waals surface area contributed by atoms with Crippen molar-refractivity contribution in [1.29, 1.82) is 0 Å². The van der Waals surface area contributed by atoms with E-state index in [0.717, 1.165) is 16.7 Å². The van der Waals surface area contributed by atoms with E-state index in [0.29, 0.717) is 17.3 Å². The Morgan fingerprint density at radius 3 is 2.93 bits per heavy atom. The lowest BCUT2D eigenvalue weighted by molar-refractivity contribution is -0.122. The lowest BCUT2D eigenvalue weighted by Gasteiger charge is -2.18. The molecule has 2 aromatic carbocycles. The van der Waals surface area contributed by atoms with E-state index < -0.39 is 12.1 Å². The van der Waals surface area contributed by atoms with Crippen molar-refractivity contribution in [3.63, 3.8) is 0 Å². The molecule has 138 valence electrons. The third-order valence-corrected chi connectivity index (χ3v) is 5.16. The molecule has 0 spiro atoms. The third-order valence-electron chi connectivity index (χ3n) is 5.16. The topological polar surface area (TPSA) is 84.2 Å². The van der Waals surface area contributed by atoms with E-state index >= 15 is 0 Å². The van der Waals surface area contributed by atoms with Crippen LogP contribution in [-0.2, 0) is 17.8 Å². The molecule has 4 rings (SSSR count). The summed E-state index contributed by atoms with van der Waals surface area (Å²) in [6.07, 6.45) is 1.54. The molecule has 6 heteroatoms. The molecule has 0 radical (unpaired) electrons. The fourth-order valence-electron chi connectivity index (χ4n) is 3.71. The van der Waals surface area contributed by atoms with Crippen molar-refractivity contribution in [3.05, 3.63) is 75.8 Å². The quantitative estimate of drug-likeness (QED) is 0.741. The van der Waals surface area contributed by atoms with Crippen LogP contribution in [0.1, 0.15) is 29.2 Å². The Hall–Kier alpha value is -2.99. The number of amides is 1. The van der Waals surface area contributed by atoms with E-state index in [1.165, 1.54) is 10.9 Å². The zero-order chi connectivity index (χ0) is 19.0. The number of aromatic nitrogens is 2. The van der Waals surface area contributed by atoms with Gasteiger partial charge in [-0.2, -0.15) is 0 Å². The number of nitrogens with one attached hydrogen (secondary N) is 1. The molecule has 3 aromatic rings. The van der Waals surface area contributed by atoms with Gasteiger partial charge < -0.3 is 10.4 Å². The predicted molar refractivity (Wildman–Crippen MR) is 102 cm³/mol. The maximum Gasteiger partial charge on any atom is 0.261 e. The molecule has 1 aliphatic rings. The number of hydrogen-bond acceptors (Lipinski definition) is 4. The molecule has 0 aliphatic heterocycles. The summed E-state index contributed by atoms with van der Waals surface area (Å²) >= 11 is 0. The number of aliphatic hydroxyl groups excluding tert-OH is 1. The molecule has 0 fully saturated rings. The maximum absolute atomic E-state index is 12.6. The van der Waals surface area contributed by atoms with Crippen molar-refractivity contribution in [2.45, 2.75) is 38.5 Å². The van der Waals surface area contributed by atoms with Crippen LogP contribution in [0.5, 0.6) is 0 Å². The van der Waals surface area contributed by atoms with Gasteiger partial charge in [-0.15, -0.1) is 0 Å². The Labute approximate surface area is 156 Å². The molecular weight excluding hydrogens is 342 g/mol. The lowest BCUT2D eigenvalue weighted by atomic mass is 10.1. The second kappa shape index (κ2) is 6.96. The minimum Gasteiger partial charge on any atom is -0.390 e. The lowest BCUT2D eigenvalue weighted by Crippen LogP contribution is -2.35. The first-order valence-electron chi connectivity index (χ1n) is 9.04. The molecule has 1 aliphatic carbocycles. The standard InChI is InChI=1S/C21H21N3O3/c1-13-5-4-8-16-19(13)22-12-24(21(16)27)10-9-18(26)23-20-15-7-3-2-6-14(15)11-17(20)25/h2-8,12,17,20,25H,9-11H2,1H3,(H,23,26)/t17-,20+/m0/s1. The first kappa shape index (κ1) is 17.4. The molecule has 0 saturated heterocycles. The maximum atomic E-state index is 12.6. The average Bonchev–Trinajstić information content (AvgIpc) is 2.97. The molecular formula is C21H21N3O3. The molecule has 1 amide bonds. The van der Waals surface area contributed by atoms with Gasteiger partial charge in [-0.1, -0.05) is 36.4 Å². The highest BCUT2D eigenvalue weighted by Gasteiger charge is 2.31. The molecule has 2 N–H and O–H groups in total. The van der Waals surface area contributed by atoms with Gasteiger partial charge >= 0.3 is 0 Å². The van der Waals surface area contributed by atoms with Gasteiger partial charge in [-0.3, -0.25) is 14.2 Å². The second-order valence-corrected chi connectivity index (χ2v) is 6.98. The molecule has 2 atom stereocenters. The SMILES string of the molecule is Cc1cccc2c(=O)n(CCC(=O)N[C@@H]3c4ccccc4C[C@@H]3O)cnc12. The number of aliphatic hydroxyl groups is 1. The van der Waals surface area contributed by atoms with Crippen molar-refractivity contribution < 1.29 is 9.90 Å². The first-order chi connectivity index (χ1) is 13.0. The van der Waals surface area contributed by atoms with Crippen LogP contribution < -0.4 is 10.9 Å². The molecule has 0 bridgehead atoms. The largest absolute Gasteiger partial charge is 0.390 e. The van der Waals surface area contributed by atoms with Gasteiger partial charge in [-0.25, -0.2) is 4.98 Å². The van der Waals surface area contributed by atoms with Crippen LogP contribution in [0.4, 0.5) is 0 Å². The zero-order valence-corrected chi connectivity index (χ0v) is 15.1. The molecule has 1 heterocycles. The van der Waals surface area contributed by atoms with Crippen molar-refractivity contribution in [1.82, 2.24) is 14.9 Å². The highest BCUT2D eigenvalue weighted by Crippen LogP contribution is 2.31. The van der Waals surface area contributed by atoms with Crippen LogP contribution in [0.25, 0.3) is 10.9 Å². The Morgan fingerprint density at radius 2 is 2.07 bits per heavy atom. The van der Waals surface area contributed by atoms with Gasteiger partial charge in [0, 0.05) is 19.4 Å². The van der Waals surface area contributed by atoms with Gasteiger partial charge in [-0.05, 0) is 29.7 Å². The van der Waals surface area contributed by atoms with E-state index in [1.807, 2.05) is 43.3 Å². The van der Waals surface area contributed by atoms with Gasteiger partial charge in [0.2, 0.25) is 5.91 Å². The van der Waals surface area contributed by atoms with Gasteiger partial charge in [0.05, 0.1) is 29.4 Å². The van der Waals surface area contributed by atoms with Crippen LogP contribution in [-0.4, -0.2) is 26.7 Å². The van der Waals surface area contributed by atoms with Gasteiger partial charge in [0.15, 0.2) is 0 Å². The number of nitrogens with zero attached hydrogens (tertiary/aromatic N) is 2. The number of benzene rings is 2. The minimum atomic E-state index is -0.626. The Morgan fingerprint density at radius 1 is 1.26 bits per heavy atom. The second-order valence-electron chi connectivity index (χ2n) is 6.98. The summed E-state index contributed by atoms with van der Waals surface area (Å²) in [5, 5.41) is 13.7. The van der Waals surface area contributed by atoms with E-state index in [2.05, 4.69) is 10.3 Å². The summed E-state index contributed by atoms with van der Waals surface area (Å²) in [5.74, 6) is -0.202. The molecule has 0 saturated carbocycles. The fourth-order valence-corrected chi connectivity index (χ4v) is 3.71. The fraction of sp³-hybridized carbons (Fsp3) is 0.286. The zero-order valence-electron chi connectivity index (χ0n) is 15.1. The number of carbonyl (C=O) groups excluding carboxylic acids is 1. The van der Waals surface area contributed by atoms with E-state index in [-0.39, 0.29) is 24.4 Å². The van der Waals surface area contributed by atoms with Crippen molar-refractivity contribution in [3.8, 4) is 0 Å². The summed E-state index contributed by atoms with van der Waals surface area (Å²) in [6, 6.07) is 12.8. The molecule has 27 heavy (non-hydrogen) atoms. The van der Waals surface area contributed by atoms with Crippen LogP contribution in [0.2, 0.25) is 0 Å². The molecule has 6 nitrogen and oxygen atoms in total. The number of para-hydroxylation sites is 1. The van der Waals surface area contributed by atoms with Crippen molar-refractivity contribution >= 4 is 16.8 Å². The van der Waals surface area contributed by atoms with Gasteiger partial charge in [0.1, 0.15) is 0 Å². The van der Waals surface area contributed by atoms with Crippen molar-refractivity contribution in [2.24, 2.45) is 0 Å². The third kappa shape index (κ3) is 3.24. The number of aryl methyl sites for hydroxylation is 2. The highest BCUT2D eigenvalue weighted by atomic mass is 16.3. The molecule has 0 unspecified atom stereocenters. The highest BCUT2D eigenvalue weighted by molar-refractivity contribution is 5.80. The van der Waals surface area contributed by atoms with E-state index in [9.17, 15) is 14.7 Å². The molecule has 1 aromatic heterocycles. The summed E-state index contributed by atoms with van der Waals surface area (Å²) in [7, 11) is 0. The summed E-state index contributed by atoms with van der Waals surface area (Å²) in [6.45, 7) is 2.16. The summed E-state index contributed by atoms with van der Waals surface area (Å²) in [4.78, 5) is 29.4. The average molecular weight is 363 g/mol. The van der Waals surface area contributed by atoms with Crippen molar-refractivity contribution in [2.75, 3.05) is 0 Å². The normalized spacial score (nSPS) is 18.4. The minimum absolute atomic E-state index is 0.143. The smallest absolute Gasteiger partial charge is 0.261 e. The van der Waals surface area contributed by atoms with E-state index in [4.69, 9.17) is 0 Å². The Kier molecular flexibility index (Phi) is 4.49. The first-order valence-corrected chi connectivity index (χ1v) is 9.04. The summed E-state index contributed by atoms with van der Waals surface area (Å²) in [5.41, 5.74) is 3.50. The van der Waals surface area contributed by atoms with Crippen LogP contribution in [0, 0.1) is 6.92 Å². The number of rotatable bonds is 4.